The van der Waals surface area contributed by atoms with Gasteiger partial charge in [0.25, 0.3) is 0 Å². The zero-order valence-corrected chi connectivity index (χ0v) is 68.7. The van der Waals surface area contributed by atoms with Crippen molar-refractivity contribution in [1.82, 2.24) is 66.9 Å². The normalized spacial score (nSPS) is 11.4. The van der Waals surface area contributed by atoms with Crippen molar-refractivity contribution in [2.45, 2.75) is 0 Å². The number of hydrogen-bond acceptors (Lipinski definition) is 6. The number of hydrogen-bond donors (Lipinski definition) is 0. The zero-order valence-electron chi connectivity index (χ0n) is 64.0. The number of rotatable bonds is 10. The van der Waals surface area contributed by atoms with Crippen LogP contribution in [0, 0.1) is 36.4 Å². The van der Waals surface area contributed by atoms with Crippen LogP contribution < -0.4 is 0 Å². The second-order valence-corrected chi connectivity index (χ2v) is 29.0. The summed E-state index contributed by atoms with van der Waals surface area (Å²) in [5.41, 5.74) is 21.3. The van der Waals surface area contributed by atoms with Crippen molar-refractivity contribution in [2.24, 2.45) is 0 Å². The molecule has 0 amide bonds. The third-order valence-corrected chi connectivity index (χ3v) is 22.4. The predicted molar refractivity (Wildman–Crippen MR) is 475 cm³/mol. The summed E-state index contributed by atoms with van der Waals surface area (Å²) in [6, 6.07) is 135. The predicted octanol–water partition coefficient (Wildman–Crippen LogP) is 23.7. The summed E-state index contributed by atoms with van der Waals surface area (Å²) in [4.78, 5) is 18.6. The van der Waals surface area contributed by atoms with Gasteiger partial charge in [-0.25, -0.2) is 15.0 Å². The molecule has 578 valence electrons. The van der Waals surface area contributed by atoms with Crippen molar-refractivity contribution in [1.29, 1.82) is 0 Å². The van der Waals surface area contributed by atoms with Gasteiger partial charge in [-0.15, -0.1) is 111 Å². The molecule has 0 spiro atoms. The van der Waals surface area contributed by atoms with Gasteiger partial charge < -0.3 is 32.4 Å². The van der Waals surface area contributed by atoms with Gasteiger partial charge >= 0.3 is 61.3 Å². The van der Waals surface area contributed by atoms with Gasteiger partial charge in [-0.3, -0.25) is 9.36 Å². The van der Waals surface area contributed by atoms with E-state index in [1.807, 2.05) is 144 Å². The van der Waals surface area contributed by atoms with Crippen LogP contribution in [-0.2, 0) is 61.3 Å². The molecule has 25 rings (SSSR count). The number of benzene rings is 13. The number of aromatic nitrogens is 14. The molecule has 25 aromatic rings. The Morgan fingerprint density at radius 2 is 0.521 bits per heavy atom. The van der Waals surface area contributed by atoms with Gasteiger partial charge in [0.05, 0.1) is 6.20 Å². The Labute approximate surface area is 734 Å². The van der Waals surface area contributed by atoms with Gasteiger partial charge in [-0.1, -0.05) is 220 Å². The van der Waals surface area contributed by atoms with E-state index in [1.165, 1.54) is 32.3 Å². The number of pyridine rings is 4. The first-order chi connectivity index (χ1) is 58.6. The maximum Gasteiger partial charge on any atom is 2.00 e. The zero-order chi connectivity index (χ0) is 77.7. The molecule has 121 heavy (non-hydrogen) atoms. The first kappa shape index (κ1) is 75.4. The average Bonchev–Trinajstić information content (AvgIpc) is 1.58. The standard InChI is InChI=1S/C38H23N5.C34H20N4.C32H19N5.3Pd/c1-2-10-26(11-3-1)27-24-40-41(25-27)28-17-19-32-30-12-4-6-14-34(30)42(36(32)22-28)29-18-20-33-31-13-5-7-15-35(31)43(37(33)23-29)38-16-8-9-21-39-38;1-3-12-30-25(9-1)27-17-15-23(29-11-5-7-19-35-29)21-32(27)37(30)24-16-18-28-26-10-2-4-13-31(26)38(33(28)22-24)34-14-6-8-20-36-34;1-3-10-28-24(8-1)26-15-13-22(35-19-7-18-34-35)20-30(26)36(28)23-14-16-27-25-9-2-4-11-29(25)37(31(27)21-23)32-12-5-6-17-33-32;;;/h1-21,24-25H;1-20H;1-19H;;;/q3*-2;3*+2. The largest absolute Gasteiger partial charge is 2.00 e. The van der Waals surface area contributed by atoms with E-state index in [4.69, 9.17) is 10.1 Å². The van der Waals surface area contributed by atoms with Crippen LogP contribution in [0.25, 0.3) is 199 Å². The summed E-state index contributed by atoms with van der Waals surface area (Å²) < 4.78 is 17.1. The van der Waals surface area contributed by atoms with Crippen molar-refractivity contribution in [2.75, 3.05) is 0 Å². The van der Waals surface area contributed by atoms with E-state index in [1.54, 1.807) is 6.20 Å². The molecule has 0 N–H and O–H groups in total. The van der Waals surface area contributed by atoms with E-state index >= 15 is 0 Å². The van der Waals surface area contributed by atoms with Gasteiger partial charge in [0.2, 0.25) is 0 Å². The topological polar surface area (TPSA) is 117 Å². The maximum atomic E-state index is 4.70. The van der Waals surface area contributed by atoms with E-state index < -0.39 is 0 Å². The Morgan fingerprint density at radius 1 is 0.207 bits per heavy atom. The van der Waals surface area contributed by atoms with Crippen molar-refractivity contribution in [3.05, 3.63) is 414 Å². The molecule has 0 fully saturated rings. The molecule has 0 atom stereocenters. The molecule has 0 saturated carbocycles. The second-order valence-electron chi connectivity index (χ2n) is 29.0. The Kier molecular flexibility index (Phi) is 19.6. The molecular weight excluding hydrogens is 1760 g/mol. The SMILES string of the molecule is [Pd+2].[Pd+2].[Pd+2].[c-]1c(-c2ccccn2)ccc2c3ccccc3n(-c3[c-]c4c(cc3)c3ccccc3n4-c3ccccn3)c12.[c-]1c(-n2cc(-c3ccccc3)cn2)ccc2c3ccccc3n(-c3[c-]c4c(cc3)c3ccccc3n4-c3ccccn3)c12.[c-]1c(-n2cccn2)ccc2c3ccccc3n(-c3[c-]c4c(cc3)c3ccccc3n4-c3ccccn3)c12. The van der Waals surface area contributed by atoms with E-state index in [0.29, 0.717) is 0 Å². The third kappa shape index (κ3) is 12.8. The molecule has 0 bridgehead atoms. The van der Waals surface area contributed by atoms with E-state index in [2.05, 4.69) is 321 Å². The van der Waals surface area contributed by atoms with Crippen LogP contribution in [0.5, 0.6) is 0 Å². The fraction of sp³-hybridized carbons (Fsp3) is 0. The van der Waals surface area contributed by atoms with Crippen LogP contribution >= 0.6 is 0 Å². The smallest absolute Gasteiger partial charge is 0.358 e. The van der Waals surface area contributed by atoms with Crippen molar-refractivity contribution in [3.8, 4) is 68.3 Å². The Bertz CT molecular complexity index is 8190. The molecule has 13 aromatic carbocycles. The van der Waals surface area contributed by atoms with E-state index in [9.17, 15) is 0 Å². The molecule has 0 aliphatic carbocycles. The average molecular weight is 1830 g/mol. The van der Waals surface area contributed by atoms with Crippen LogP contribution in [0.3, 0.4) is 0 Å². The van der Waals surface area contributed by atoms with Crippen LogP contribution in [-0.4, -0.2) is 66.9 Å². The molecule has 0 aliphatic rings. The molecule has 12 heterocycles. The fourth-order valence-corrected chi connectivity index (χ4v) is 17.2. The molecule has 12 aromatic heterocycles. The van der Waals surface area contributed by atoms with Gasteiger partial charge in [0.1, 0.15) is 17.5 Å². The minimum Gasteiger partial charge on any atom is -0.358 e. The summed E-state index contributed by atoms with van der Waals surface area (Å²) >= 11 is 0. The number of nitrogens with zero attached hydrogens (tertiary/aromatic N) is 14. The summed E-state index contributed by atoms with van der Waals surface area (Å²) in [5, 5.41) is 23.0. The van der Waals surface area contributed by atoms with Crippen molar-refractivity contribution in [3.63, 3.8) is 0 Å². The molecule has 14 nitrogen and oxygen atoms in total. The quantitative estimate of drug-likeness (QED) is 0.0994. The van der Waals surface area contributed by atoms with Crippen LogP contribution in [0.2, 0.25) is 0 Å². The summed E-state index contributed by atoms with van der Waals surface area (Å²) in [6.45, 7) is 0. The van der Waals surface area contributed by atoms with E-state index in [-0.39, 0.29) is 61.3 Å². The Morgan fingerprint density at radius 3 is 0.884 bits per heavy atom. The number of para-hydroxylation sites is 6. The van der Waals surface area contributed by atoms with Gasteiger partial charge in [0, 0.05) is 82.0 Å². The van der Waals surface area contributed by atoms with Crippen LogP contribution in [0.15, 0.2) is 377 Å². The van der Waals surface area contributed by atoms with Crippen molar-refractivity contribution < 1.29 is 61.3 Å². The molecule has 17 heteroatoms. The van der Waals surface area contributed by atoms with Gasteiger partial charge in [-0.05, 0) is 145 Å². The molecule has 0 radical (unpaired) electrons. The first-order valence-corrected chi connectivity index (χ1v) is 39.1. The van der Waals surface area contributed by atoms with Crippen LogP contribution in [0.1, 0.15) is 0 Å². The Hall–Kier alpha value is -14.3. The molecular formula is C104H62N14Pd3. The second kappa shape index (κ2) is 31.5. The minimum absolute atomic E-state index is 0. The third-order valence-electron chi connectivity index (χ3n) is 22.4. The molecule has 0 saturated heterocycles. The number of fused-ring (bicyclic) bond motifs is 18. The first-order valence-electron chi connectivity index (χ1n) is 39.1. The molecule has 0 unspecified atom stereocenters. The van der Waals surface area contributed by atoms with Gasteiger partial charge in [0.15, 0.2) is 0 Å². The maximum absolute atomic E-state index is 4.70. The summed E-state index contributed by atoms with van der Waals surface area (Å²) in [5.74, 6) is 2.61. The van der Waals surface area contributed by atoms with Crippen LogP contribution in [0.4, 0.5) is 0 Å². The summed E-state index contributed by atoms with van der Waals surface area (Å²) in [7, 11) is 0. The minimum atomic E-state index is 0. The Balaban J connectivity index is 0.000000115. The monoisotopic (exact) mass is 1820 g/mol. The van der Waals surface area contributed by atoms with E-state index in [0.717, 1.165) is 167 Å². The molecule has 0 aliphatic heterocycles. The van der Waals surface area contributed by atoms with Gasteiger partial charge in [-0.2, -0.15) is 40.5 Å². The van der Waals surface area contributed by atoms with Crippen molar-refractivity contribution >= 4 is 131 Å². The summed E-state index contributed by atoms with van der Waals surface area (Å²) in [6.07, 6.45) is 15.0. The fourth-order valence-electron chi connectivity index (χ4n) is 17.2.